The minimum atomic E-state index is -0.159. The SMILES string of the molecule is C[C@]12CCC(=NOC[C@@H]3CCCN3)C[C@@H]1C(=O)C[C@@H]1[C@@H]2CC[C@]2(C)C(=O)CC[C@@H]12.Cl. The number of oxime groups is 1. The number of Topliss-reactive ketones (excluding diaryl/α,β-unsaturated/α-hetero) is 2. The highest BCUT2D eigenvalue weighted by Crippen LogP contribution is 2.64. The lowest BCUT2D eigenvalue weighted by Gasteiger charge is -2.58. The summed E-state index contributed by atoms with van der Waals surface area (Å²) >= 11 is 0. The average Bonchev–Trinajstić information content (AvgIpc) is 3.31. The number of carbonyl (C=O) groups excluding carboxylic acids is 2. The molecule has 0 aromatic rings. The summed E-state index contributed by atoms with van der Waals surface area (Å²) in [5, 5.41) is 7.90. The molecule has 0 radical (unpaired) electrons. The van der Waals surface area contributed by atoms with Gasteiger partial charge in [0.1, 0.15) is 18.2 Å². The predicted molar refractivity (Wildman–Crippen MR) is 119 cm³/mol. The predicted octanol–water partition coefficient (Wildman–Crippen LogP) is 4.32. The van der Waals surface area contributed by atoms with Gasteiger partial charge in [-0.15, -0.1) is 12.4 Å². The normalized spacial score (nSPS) is 46.7. The Hall–Kier alpha value is -0.940. The first kappa shape index (κ1) is 22.3. The zero-order valence-electron chi connectivity index (χ0n) is 18.5. The van der Waals surface area contributed by atoms with Gasteiger partial charge in [0, 0.05) is 30.2 Å². The number of fused-ring (bicyclic) bond motifs is 5. The van der Waals surface area contributed by atoms with Gasteiger partial charge in [-0.2, -0.15) is 0 Å². The van der Waals surface area contributed by atoms with Crippen LogP contribution in [0.4, 0.5) is 0 Å². The number of hydrogen-bond acceptors (Lipinski definition) is 5. The maximum atomic E-state index is 13.3. The van der Waals surface area contributed by atoms with E-state index in [0.29, 0.717) is 48.4 Å². The molecule has 0 unspecified atom stereocenters. The number of nitrogens with zero attached hydrogens (tertiary/aromatic N) is 1. The van der Waals surface area contributed by atoms with Crippen LogP contribution in [-0.2, 0) is 14.4 Å². The molecule has 1 N–H and O–H groups in total. The summed E-state index contributed by atoms with van der Waals surface area (Å²) in [5.74, 6) is 2.38. The summed E-state index contributed by atoms with van der Waals surface area (Å²) in [5.41, 5.74) is 0.988. The molecule has 0 bridgehead atoms. The molecule has 168 valence electrons. The Bertz CT molecular complexity index is 734. The number of nitrogens with one attached hydrogen (secondary N) is 1. The van der Waals surface area contributed by atoms with Gasteiger partial charge in [-0.1, -0.05) is 19.0 Å². The molecule has 6 heteroatoms. The molecule has 0 aromatic heterocycles. The molecule has 0 aromatic carbocycles. The van der Waals surface area contributed by atoms with Gasteiger partial charge in [0.25, 0.3) is 0 Å². The van der Waals surface area contributed by atoms with Crippen molar-refractivity contribution >= 4 is 29.7 Å². The second-order valence-corrected chi connectivity index (χ2v) is 11.0. The maximum Gasteiger partial charge on any atom is 0.139 e. The van der Waals surface area contributed by atoms with Gasteiger partial charge in [0.05, 0.1) is 5.71 Å². The quantitative estimate of drug-likeness (QED) is 0.669. The van der Waals surface area contributed by atoms with Gasteiger partial charge >= 0.3 is 0 Å². The van der Waals surface area contributed by atoms with Gasteiger partial charge in [-0.25, -0.2) is 0 Å². The van der Waals surface area contributed by atoms with Gasteiger partial charge < -0.3 is 10.2 Å². The number of carbonyl (C=O) groups is 2. The van der Waals surface area contributed by atoms with E-state index in [0.717, 1.165) is 63.6 Å². The number of halogens is 1. The first-order valence-corrected chi connectivity index (χ1v) is 11.9. The van der Waals surface area contributed by atoms with E-state index in [2.05, 4.69) is 24.3 Å². The fourth-order valence-corrected chi connectivity index (χ4v) is 7.82. The van der Waals surface area contributed by atoms with Crippen molar-refractivity contribution in [3.8, 4) is 0 Å². The summed E-state index contributed by atoms with van der Waals surface area (Å²) in [6.07, 6.45) is 9.67. The molecule has 4 aliphatic carbocycles. The minimum absolute atomic E-state index is 0. The third-order valence-corrected chi connectivity index (χ3v) is 9.64. The molecule has 0 amide bonds. The molecular formula is C24H37ClN2O3. The van der Waals surface area contributed by atoms with Crippen LogP contribution in [-0.4, -0.2) is 36.5 Å². The van der Waals surface area contributed by atoms with E-state index in [4.69, 9.17) is 4.84 Å². The number of rotatable bonds is 3. The largest absolute Gasteiger partial charge is 0.394 e. The highest BCUT2D eigenvalue weighted by molar-refractivity contribution is 5.93. The smallest absolute Gasteiger partial charge is 0.139 e. The van der Waals surface area contributed by atoms with E-state index < -0.39 is 0 Å². The van der Waals surface area contributed by atoms with Crippen LogP contribution in [0.2, 0.25) is 0 Å². The molecule has 1 heterocycles. The van der Waals surface area contributed by atoms with Gasteiger partial charge in [0.15, 0.2) is 0 Å². The Labute approximate surface area is 186 Å². The summed E-state index contributed by atoms with van der Waals surface area (Å²) in [6, 6.07) is 0.427. The summed E-state index contributed by atoms with van der Waals surface area (Å²) in [7, 11) is 0. The molecule has 0 spiro atoms. The second kappa shape index (κ2) is 8.20. The molecular weight excluding hydrogens is 400 g/mol. The van der Waals surface area contributed by atoms with Crippen molar-refractivity contribution in [2.24, 2.45) is 39.7 Å². The molecule has 4 saturated carbocycles. The second-order valence-electron chi connectivity index (χ2n) is 11.0. The minimum Gasteiger partial charge on any atom is -0.394 e. The van der Waals surface area contributed by atoms with Crippen molar-refractivity contribution < 1.29 is 14.4 Å². The first-order valence-electron chi connectivity index (χ1n) is 11.9. The van der Waals surface area contributed by atoms with E-state index in [-0.39, 0.29) is 29.2 Å². The van der Waals surface area contributed by atoms with Crippen LogP contribution < -0.4 is 5.32 Å². The number of hydrogen-bond donors (Lipinski definition) is 1. The van der Waals surface area contributed by atoms with Crippen molar-refractivity contribution in [2.45, 2.75) is 84.1 Å². The topological polar surface area (TPSA) is 67.8 Å². The lowest BCUT2D eigenvalue weighted by molar-refractivity contribution is -0.152. The third-order valence-electron chi connectivity index (χ3n) is 9.64. The van der Waals surface area contributed by atoms with Crippen LogP contribution in [0.3, 0.4) is 0 Å². The van der Waals surface area contributed by atoms with Crippen molar-refractivity contribution in [3.63, 3.8) is 0 Å². The lowest BCUT2D eigenvalue weighted by Crippen LogP contribution is -2.56. The molecule has 7 atom stereocenters. The Morgan fingerprint density at radius 2 is 1.90 bits per heavy atom. The first-order chi connectivity index (χ1) is 13.9. The fourth-order valence-electron chi connectivity index (χ4n) is 7.82. The van der Waals surface area contributed by atoms with E-state index in [1.807, 2.05) is 0 Å². The Morgan fingerprint density at radius 1 is 1.07 bits per heavy atom. The lowest BCUT2D eigenvalue weighted by atomic mass is 9.45. The van der Waals surface area contributed by atoms with Crippen LogP contribution in [0.15, 0.2) is 5.16 Å². The van der Waals surface area contributed by atoms with Crippen LogP contribution in [0, 0.1) is 34.5 Å². The summed E-state index contributed by atoms with van der Waals surface area (Å²) in [6.45, 7) is 6.27. The van der Waals surface area contributed by atoms with Crippen LogP contribution in [0.25, 0.3) is 0 Å². The van der Waals surface area contributed by atoms with E-state index in [1.54, 1.807) is 0 Å². The zero-order chi connectivity index (χ0) is 20.2. The molecule has 5 aliphatic rings. The molecule has 1 aliphatic heterocycles. The molecule has 1 saturated heterocycles. The van der Waals surface area contributed by atoms with Gasteiger partial charge in [0.2, 0.25) is 0 Å². The zero-order valence-corrected chi connectivity index (χ0v) is 19.3. The Balaban J connectivity index is 0.00000218. The van der Waals surface area contributed by atoms with Crippen molar-refractivity contribution in [1.29, 1.82) is 0 Å². The molecule has 5 rings (SSSR count). The Kier molecular flexibility index (Phi) is 6.08. The molecule has 5 fully saturated rings. The summed E-state index contributed by atoms with van der Waals surface area (Å²) in [4.78, 5) is 31.5. The van der Waals surface area contributed by atoms with Crippen LogP contribution >= 0.6 is 12.4 Å². The maximum absolute atomic E-state index is 13.3. The van der Waals surface area contributed by atoms with Crippen LogP contribution in [0.5, 0.6) is 0 Å². The van der Waals surface area contributed by atoms with Crippen molar-refractivity contribution in [1.82, 2.24) is 5.32 Å². The average molecular weight is 437 g/mol. The van der Waals surface area contributed by atoms with Gasteiger partial charge in [-0.3, -0.25) is 9.59 Å². The van der Waals surface area contributed by atoms with E-state index >= 15 is 0 Å². The van der Waals surface area contributed by atoms with Gasteiger partial charge in [-0.05, 0) is 81.1 Å². The highest BCUT2D eigenvalue weighted by atomic mass is 35.5. The Morgan fingerprint density at radius 3 is 2.67 bits per heavy atom. The van der Waals surface area contributed by atoms with Crippen molar-refractivity contribution in [3.05, 3.63) is 0 Å². The highest BCUT2D eigenvalue weighted by Gasteiger charge is 2.62. The number of ketones is 2. The summed E-state index contributed by atoms with van der Waals surface area (Å²) < 4.78 is 0. The van der Waals surface area contributed by atoms with E-state index in [9.17, 15) is 9.59 Å². The molecule has 30 heavy (non-hydrogen) atoms. The third kappa shape index (κ3) is 3.44. The molecule has 5 nitrogen and oxygen atoms in total. The van der Waals surface area contributed by atoms with Crippen LogP contribution in [0.1, 0.15) is 78.1 Å². The van der Waals surface area contributed by atoms with E-state index in [1.165, 1.54) is 6.42 Å². The standard InChI is InChI=1S/C24H36N2O3.ClH/c1-23-9-7-15(26-29-14-16-4-3-11-25-16)12-20(23)21(27)13-17-18-5-6-22(28)24(18,2)10-8-19(17)23;/h16-20,25H,3-14H2,1-2H3;1H/t16-,17-,18-,19-,20+,23+,24-;/m0./s1. The monoisotopic (exact) mass is 436 g/mol. The van der Waals surface area contributed by atoms with Crippen molar-refractivity contribution in [2.75, 3.05) is 13.2 Å². The fraction of sp³-hybridized carbons (Fsp3) is 0.875.